The Morgan fingerprint density at radius 3 is 2.40 bits per heavy atom. The molecule has 2 unspecified atom stereocenters. The maximum atomic E-state index is 15.6. The van der Waals surface area contributed by atoms with Gasteiger partial charge in [-0.25, -0.2) is 13.6 Å². The smallest absolute Gasteiger partial charge is 0.413 e. The van der Waals surface area contributed by atoms with Crippen molar-refractivity contribution in [1.29, 1.82) is 0 Å². The van der Waals surface area contributed by atoms with Crippen LogP contribution in [0.1, 0.15) is 57.1 Å². The molecule has 1 aliphatic carbocycles. The molecule has 274 valence electrons. The summed E-state index contributed by atoms with van der Waals surface area (Å²) in [5.74, 6) is -2.65. The number of hydrogen-bond acceptors (Lipinski definition) is 9. The average Bonchev–Trinajstić information content (AvgIpc) is 3.99. The maximum absolute atomic E-state index is 15.6. The van der Waals surface area contributed by atoms with Crippen LogP contribution in [-0.2, 0) is 23.8 Å². The summed E-state index contributed by atoms with van der Waals surface area (Å²) in [6.07, 6.45) is 3.06. The third-order valence-electron chi connectivity index (χ3n) is 9.52. The fourth-order valence-electron chi connectivity index (χ4n) is 6.54. The van der Waals surface area contributed by atoms with Crippen molar-refractivity contribution in [3.63, 3.8) is 0 Å². The van der Waals surface area contributed by atoms with Crippen LogP contribution >= 0.6 is 0 Å². The van der Waals surface area contributed by atoms with Crippen molar-refractivity contribution in [2.24, 2.45) is 0 Å². The molecule has 0 radical (unpaired) electrons. The van der Waals surface area contributed by atoms with E-state index in [1.807, 2.05) is 22.8 Å². The molecule has 0 N–H and O–H groups in total. The van der Waals surface area contributed by atoms with Gasteiger partial charge in [-0.05, 0) is 56.4 Å². The summed E-state index contributed by atoms with van der Waals surface area (Å²) in [6, 6.07) is 16.3. The first-order valence-electron chi connectivity index (χ1n) is 17.3. The Morgan fingerprint density at radius 2 is 1.71 bits per heavy atom. The second-order valence-electron chi connectivity index (χ2n) is 13.1. The number of ether oxygens (including phenoxy) is 4. The number of pyridine rings is 1. The van der Waals surface area contributed by atoms with Crippen molar-refractivity contribution >= 4 is 34.6 Å². The Morgan fingerprint density at radius 1 is 0.942 bits per heavy atom. The van der Waals surface area contributed by atoms with Gasteiger partial charge in [-0.1, -0.05) is 42.5 Å². The van der Waals surface area contributed by atoms with Crippen LogP contribution in [0.4, 0.5) is 19.3 Å². The molecule has 11 nitrogen and oxygen atoms in total. The third-order valence-corrected chi connectivity index (χ3v) is 9.52. The number of piperazine rings is 1. The van der Waals surface area contributed by atoms with Crippen LogP contribution in [-0.4, -0.2) is 73.7 Å². The zero-order chi connectivity index (χ0) is 36.9. The Kier molecular flexibility index (Phi) is 11.1. The minimum absolute atomic E-state index is 0.0499. The highest BCUT2D eigenvalue weighted by Gasteiger charge is 2.34. The lowest BCUT2D eigenvalue weighted by Gasteiger charge is -2.40. The van der Waals surface area contributed by atoms with Crippen molar-refractivity contribution in [3.8, 4) is 16.9 Å². The van der Waals surface area contributed by atoms with Gasteiger partial charge in [0.2, 0.25) is 6.79 Å². The van der Waals surface area contributed by atoms with E-state index in [0.29, 0.717) is 16.6 Å². The van der Waals surface area contributed by atoms with E-state index in [4.69, 9.17) is 18.9 Å². The summed E-state index contributed by atoms with van der Waals surface area (Å²) in [7, 11) is 1.45. The number of methoxy groups -OCH3 is 1. The molecular weight excluding hydrogens is 676 g/mol. The third kappa shape index (κ3) is 7.88. The summed E-state index contributed by atoms with van der Waals surface area (Å²) < 4.78 is 53.6. The van der Waals surface area contributed by atoms with E-state index in [1.54, 1.807) is 49.2 Å². The fourth-order valence-corrected chi connectivity index (χ4v) is 6.54. The summed E-state index contributed by atoms with van der Waals surface area (Å²) in [6.45, 7) is 3.50. The minimum Gasteiger partial charge on any atom is -0.492 e. The van der Waals surface area contributed by atoms with Crippen LogP contribution in [0.3, 0.4) is 0 Å². The summed E-state index contributed by atoms with van der Waals surface area (Å²) >= 11 is 0. The molecule has 0 bridgehead atoms. The first-order chi connectivity index (χ1) is 25.1. The molecule has 2 heterocycles. The summed E-state index contributed by atoms with van der Waals surface area (Å²) in [5, 5.41) is 0.256. The molecule has 1 saturated heterocycles. The zero-order valence-corrected chi connectivity index (χ0v) is 29.3. The number of carbonyl (C=O) groups excluding carboxylic acids is 3. The Labute approximate surface area is 299 Å². The van der Waals surface area contributed by atoms with E-state index in [1.165, 1.54) is 30.2 Å². The molecule has 52 heavy (non-hydrogen) atoms. The number of anilines is 1. The maximum Gasteiger partial charge on any atom is 0.413 e. The second kappa shape index (κ2) is 15.8. The van der Waals surface area contributed by atoms with E-state index < -0.39 is 48.4 Å². The number of carbonyl (C=O) groups is 3. The quantitative estimate of drug-likeness (QED) is 0.0912. The highest BCUT2D eigenvalue weighted by atomic mass is 19.1. The highest BCUT2D eigenvalue weighted by molar-refractivity contribution is 5.91. The highest BCUT2D eigenvalue weighted by Crippen LogP contribution is 2.43. The van der Waals surface area contributed by atoms with E-state index in [9.17, 15) is 23.6 Å². The first-order valence-corrected chi connectivity index (χ1v) is 17.3. The van der Waals surface area contributed by atoms with Crippen molar-refractivity contribution in [3.05, 3.63) is 94.3 Å². The van der Waals surface area contributed by atoms with Crippen LogP contribution in [0.2, 0.25) is 0 Å². The van der Waals surface area contributed by atoms with E-state index in [-0.39, 0.29) is 67.4 Å². The van der Waals surface area contributed by atoms with E-state index in [0.717, 1.165) is 18.4 Å². The molecule has 6 rings (SSSR count). The lowest BCUT2D eigenvalue weighted by molar-refractivity contribution is -0.154. The van der Waals surface area contributed by atoms with Crippen LogP contribution in [0, 0.1) is 11.6 Å². The number of halogens is 2. The molecule has 2 fully saturated rings. The van der Waals surface area contributed by atoms with Gasteiger partial charge in [-0.3, -0.25) is 14.4 Å². The van der Waals surface area contributed by atoms with Gasteiger partial charge in [0.1, 0.15) is 11.5 Å². The van der Waals surface area contributed by atoms with Crippen LogP contribution < -0.4 is 15.1 Å². The van der Waals surface area contributed by atoms with Gasteiger partial charge in [0, 0.05) is 56.0 Å². The van der Waals surface area contributed by atoms with Gasteiger partial charge in [0.25, 0.3) is 0 Å². The molecule has 1 amide bonds. The van der Waals surface area contributed by atoms with Gasteiger partial charge in [-0.2, -0.15) is 0 Å². The Bertz CT molecular complexity index is 2020. The number of nitrogens with zero attached hydrogens (tertiary/aromatic N) is 3. The number of amides is 1. The molecular formula is C39H41F2N3O8. The van der Waals surface area contributed by atoms with Crippen LogP contribution in [0.5, 0.6) is 5.75 Å². The van der Waals surface area contributed by atoms with Crippen molar-refractivity contribution in [2.75, 3.05) is 45.0 Å². The standard InChI is InChI=1S/C39H41F2N3O8/c1-24-22-42(36-32(41)21-30-33(45)15-16-44(28-12-13-28)35(30)37(36)49-3)17-18-43(24)39(48)52-23-51-34(46)10-7-19-50-38(47)25(2)27-11-14-29(31(40)20-27)26-8-5-4-6-9-26/h4-6,8-9,11,14-16,20-21,24-25,28H,7,10,12-13,17-19,22-23H2,1-3H3. The van der Waals surface area contributed by atoms with Gasteiger partial charge in [0.05, 0.1) is 30.5 Å². The summed E-state index contributed by atoms with van der Waals surface area (Å²) in [5.41, 5.74) is 2.14. The van der Waals surface area contributed by atoms with Crippen molar-refractivity contribution < 1.29 is 42.1 Å². The Balaban J connectivity index is 0.937. The number of benzene rings is 3. The number of hydrogen-bond donors (Lipinski definition) is 0. The molecule has 2 atom stereocenters. The lowest BCUT2D eigenvalue weighted by Crippen LogP contribution is -2.54. The van der Waals surface area contributed by atoms with E-state index >= 15 is 4.39 Å². The van der Waals surface area contributed by atoms with Gasteiger partial charge in [-0.15, -0.1) is 0 Å². The van der Waals surface area contributed by atoms with Crippen LogP contribution in [0.25, 0.3) is 22.0 Å². The fraction of sp³-hybridized carbons (Fsp3) is 0.385. The largest absolute Gasteiger partial charge is 0.492 e. The SMILES string of the molecule is COc1c(N2CCN(C(=O)OCOC(=O)CCCOC(=O)C(C)c3ccc(-c4ccccc4)c(F)c3)C(C)C2)c(F)cc2c(=O)ccn(C3CC3)c12. The molecule has 0 spiro atoms. The normalized spacial score (nSPS) is 16.4. The average molecular weight is 718 g/mol. The molecule has 1 aromatic heterocycles. The van der Waals surface area contributed by atoms with Crippen LogP contribution in [0.15, 0.2) is 71.7 Å². The minimum atomic E-state index is -0.713. The topological polar surface area (TPSA) is 117 Å². The molecule has 3 aromatic carbocycles. The van der Waals surface area contributed by atoms with Crippen molar-refractivity contribution in [1.82, 2.24) is 9.47 Å². The Hall–Kier alpha value is -5.46. The zero-order valence-electron chi connectivity index (χ0n) is 29.3. The second-order valence-corrected chi connectivity index (χ2v) is 13.1. The molecule has 1 aliphatic heterocycles. The molecule has 4 aromatic rings. The van der Waals surface area contributed by atoms with E-state index in [2.05, 4.69) is 0 Å². The van der Waals surface area contributed by atoms with Gasteiger partial charge < -0.3 is 33.3 Å². The molecule has 1 saturated carbocycles. The molecule has 13 heteroatoms. The number of rotatable bonds is 12. The van der Waals surface area contributed by atoms with Gasteiger partial charge >= 0.3 is 18.0 Å². The monoisotopic (exact) mass is 717 g/mol. The van der Waals surface area contributed by atoms with Gasteiger partial charge in [0.15, 0.2) is 17.0 Å². The number of fused-ring (bicyclic) bond motifs is 1. The number of aromatic nitrogens is 1. The lowest BCUT2D eigenvalue weighted by atomic mass is 9.97. The first kappa shape index (κ1) is 36.3. The number of esters is 2. The predicted octanol–water partition coefficient (Wildman–Crippen LogP) is 6.57. The predicted molar refractivity (Wildman–Crippen MR) is 189 cm³/mol. The summed E-state index contributed by atoms with van der Waals surface area (Å²) in [4.78, 5) is 53.6. The van der Waals surface area contributed by atoms with Crippen molar-refractivity contribution in [2.45, 2.75) is 57.5 Å². The molecule has 2 aliphatic rings.